The van der Waals surface area contributed by atoms with Gasteiger partial charge in [0.05, 0.1) is 21.2 Å². The molecule has 0 unspecified atom stereocenters. The van der Waals surface area contributed by atoms with Crippen molar-refractivity contribution in [1.82, 2.24) is 9.29 Å². The van der Waals surface area contributed by atoms with Crippen LogP contribution in [0.5, 0.6) is 0 Å². The lowest BCUT2D eigenvalue weighted by atomic mass is 9.97. The molecule has 0 bridgehead atoms. The van der Waals surface area contributed by atoms with Crippen molar-refractivity contribution < 1.29 is 26.4 Å². The highest BCUT2D eigenvalue weighted by molar-refractivity contribution is 7.89. The summed E-state index contributed by atoms with van der Waals surface area (Å²) in [5.41, 5.74) is -0.165. The Kier molecular flexibility index (Phi) is 6.06. The quantitative estimate of drug-likeness (QED) is 0.687. The molecule has 1 aliphatic carbocycles. The molecule has 1 aliphatic heterocycles. The predicted octanol–water partition coefficient (Wildman–Crippen LogP) is 4.34. The van der Waals surface area contributed by atoms with E-state index in [4.69, 9.17) is 11.6 Å². The van der Waals surface area contributed by atoms with E-state index in [0.29, 0.717) is 11.2 Å². The number of nitrogens with zero attached hydrogens (tertiary/aromatic N) is 2. The maximum absolute atomic E-state index is 13.1. The Morgan fingerprint density at radius 1 is 1.23 bits per heavy atom. The van der Waals surface area contributed by atoms with Gasteiger partial charge in [-0.05, 0) is 50.3 Å². The Labute approximate surface area is 186 Å². The highest BCUT2D eigenvalue weighted by Gasteiger charge is 2.37. The minimum absolute atomic E-state index is 0.0404. The SMILES string of the molecule is O=C(Nc1nc2c(s1)CCC2)C1CCN(S(=O)(=O)c2ccc(Cl)c(C(F)(F)F)c2)CC1. The van der Waals surface area contributed by atoms with Gasteiger partial charge < -0.3 is 5.32 Å². The average Bonchev–Trinajstić information content (AvgIpc) is 3.29. The third kappa shape index (κ3) is 4.59. The van der Waals surface area contributed by atoms with Gasteiger partial charge in [0.25, 0.3) is 0 Å². The zero-order valence-electron chi connectivity index (χ0n) is 16.2. The Balaban J connectivity index is 1.41. The van der Waals surface area contributed by atoms with Gasteiger partial charge in [-0.15, -0.1) is 11.3 Å². The van der Waals surface area contributed by atoms with Crippen LogP contribution in [-0.2, 0) is 33.8 Å². The first kappa shape index (κ1) is 22.5. The average molecular weight is 494 g/mol. The minimum atomic E-state index is -4.76. The minimum Gasteiger partial charge on any atom is -0.302 e. The Hall–Kier alpha value is -1.69. The summed E-state index contributed by atoms with van der Waals surface area (Å²) in [6.45, 7) is 0.0809. The molecule has 4 rings (SSSR count). The second kappa shape index (κ2) is 8.34. The molecule has 2 aromatic rings. The largest absolute Gasteiger partial charge is 0.417 e. The molecule has 0 radical (unpaired) electrons. The van der Waals surface area contributed by atoms with Gasteiger partial charge in [-0.1, -0.05) is 11.6 Å². The van der Waals surface area contributed by atoms with E-state index < -0.39 is 31.7 Å². The first-order chi connectivity index (χ1) is 14.6. The smallest absolute Gasteiger partial charge is 0.302 e. The number of aryl methyl sites for hydroxylation is 2. The highest BCUT2D eigenvalue weighted by atomic mass is 35.5. The van der Waals surface area contributed by atoms with Crippen molar-refractivity contribution in [2.75, 3.05) is 18.4 Å². The van der Waals surface area contributed by atoms with Crippen LogP contribution < -0.4 is 5.32 Å². The number of fused-ring (bicyclic) bond motifs is 1. The second-order valence-electron chi connectivity index (χ2n) is 7.55. The number of hydrogen-bond donors (Lipinski definition) is 1. The molecule has 6 nitrogen and oxygen atoms in total. The van der Waals surface area contributed by atoms with Crippen LogP contribution in [0.1, 0.15) is 35.4 Å². The fraction of sp³-hybridized carbons (Fsp3) is 0.474. The molecule has 1 N–H and O–H groups in total. The van der Waals surface area contributed by atoms with E-state index in [9.17, 15) is 26.4 Å². The fourth-order valence-electron chi connectivity index (χ4n) is 3.84. The number of hydrogen-bond acceptors (Lipinski definition) is 5. The van der Waals surface area contributed by atoms with Gasteiger partial charge in [0, 0.05) is 23.9 Å². The number of rotatable bonds is 4. The number of halogens is 4. The zero-order valence-corrected chi connectivity index (χ0v) is 18.6. The van der Waals surface area contributed by atoms with Crippen LogP contribution in [0.4, 0.5) is 18.3 Å². The Morgan fingerprint density at radius 2 is 1.94 bits per heavy atom. The van der Waals surface area contributed by atoms with Crippen molar-refractivity contribution in [3.05, 3.63) is 39.4 Å². The van der Waals surface area contributed by atoms with Crippen LogP contribution >= 0.6 is 22.9 Å². The number of thiazole rings is 1. The van der Waals surface area contributed by atoms with Gasteiger partial charge in [0.15, 0.2) is 5.13 Å². The van der Waals surface area contributed by atoms with Crippen LogP contribution in [0.25, 0.3) is 0 Å². The zero-order chi connectivity index (χ0) is 22.4. The van der Waals surface area contributed by atoms with Crippen molar-refractivity contribution in [3.63, 3.8) is 0 Å². The first-order valence-electron chi connectivity index (χ1n) is 9.72. The standard InChI is InChI=1S/C19H19ClF3N3O3S2/c20-14-5-4-12(10-13(14)19(21,22)23)31(28,29)26-8-6-11(7-9-26)17(27)25-18-24-15-2-1-3-16(15)30-18/h4-5,10-11H,1-3,6-9H2,(H,24,25,27). The lowest BCUT2D eigenvalue weighted by molar-refractivity contribution is -0.137. The monoisotopic (exact) mass is 493 g/mol. The molecule has 1 aromatic heterocycles. The van der Waals surface area contributed by atoms with E-state index in [1.54, 1.807) is 0 Å². The van der Waals surface area contributed by atoms with Gasteiger partial charge >= 0.3 is 6.18 Å². The van der Waals surface area contributed by atoms with E-state index in [0.717, 1.165) is 41.4 Å². The maximum Gasteiger partial charge on any atom is 0.417 e. The molecular weight excluding hydrogens is 475 g/mol. The summed E-state index contributed by atoms with van der Waals surface area (Å²) in [5, 5.41) is 2.82. The lowest BCUT2D eigenvalue weighted by Gasteiger charge is -2.30. The van der Waals surface area contributed by atoms with Gasteiger partial charge in [-0.3, -0.25) is 4.79 Å². The number of carbonyl (C=O) groups excluding carboxylic acids is 1. The molecule has 0 atom stereocenters. The molecule has 0 saturated carbocycles. The molecule has 12 heteroatoms. The Bertz CT molecular complexity index is 1090. The predicted molar refractivity (Wildman–Crippen MR) is 111 cm³/mol. The number of amides is 1. The number of sulfonamides is 1. The van der Waals surface area contributed by atoms with E-state index in [-0.39, 0.29) is 37.8 Å². The number of anilines is 1. The van der Waals surface area contributed by atoms with Crippen molar-refractivity contribution in [1.29, 1.82) is 0 Å². The summed E-state index contributed by atoms with van der Waals surface area (Å²) in [7, 11) is -4.13. The third-order valence-electron chi connectivity index (χ3n) is 5.53. The normalized spacial score (nSPS) is 18.2. The van der Waals surface area contributed by atoms with Gasteiger partial charge in [-0.2, -0.15) is 17.5 Å². The highest BCUT2D eigenvalue weighted by Crippen LogP contribution is 2.37. The molecular formula is C19H19ClF3N3O3S2. The molecule has 1 fully saturated rings. The van der Waals surface area contributed by atoms with E-state index in [2.05, 4.69) is 10.3 Å². The third-order valence-corrected chi connectivity index (χ3v) is 8.83. The van der Waals surface area contributed by atoms with Crippen LogP contribution in [0.2, 0.25) is 5.02 Å². The van der Waals surface area contributed by atoms with Crippen LogP contribution in [0.3, 0.4) is 0 Å². The van der Waals surface area contributed by atoms with Crippen LogP contribution in [0.15, 0.2) is 23.1 Å². The number of benzene rings is 1. The summed E-state index contributed by atoms with van der Waals surface area (Å²) >= 11 is 7.05. The Morgan fingerprint density at radius 3 is 2.58 bits per heavy atom. The van der Waals surface area contributed by atoms with Crippen molar-refractivity contribution in [2.45, 2.75) is 43.2 Å². The molecule has 1 saturated heterocycles. The summed E-state index contributed by atoms with van der Waals surface area (Å²) in [6, 6.07) is 2.55. The van der Waals surface area contributed by atoms with Crippen molar-refractivity contribution in [2.24, 2.45) is 5.92 Å². The maximum atomic E-state index is 13.1. The molecule has 2 heterocycles. The number of nitrogens with one attached hydrogen (secondary N) is 1. The van der Waals surface area contributed by atoms with Crippen LogP contribution in [-0.4, -0.2) is 36.7 Å². The molecule has 2 aliphatic rings. The molecule has 0 spiro atoms. The first-order valence-corrected chi connectivity index (χ1v) is 12.4. The van der Waals surface area contributed by atoms with E-state index in [1.807, 2.05) is 0 Å². The van der Waals surface area contributed by atoms with Gasteiger partial charge in [0.2, 0.25) is 15.9 Å². The number of carbonyl (C=O) groups is 1. The summed E-state index contributed by atoms with van der Waals surface area (Å²) in [6.07, 6.45) is -1.25. The number of aromatic nitrogens is 1. The molecule has 1 amide bonds. The molecule has 31 heavy (non-hydrogen) atoms. The van der Waals surface area contributed by atoms with Crippen LogP contribution in [0, 0.1) is 5.92 Å². The summed E-state index contributed by atoms with van der Waals surface area (Å²) in [4.78, 5) is 17.7. The van der Waals surface area contributed by atoms with Crippen molar-refractivity contribution in [3.8, 4) is 0 Å². The molecule has 168 valence electrons. The number of piperidine rings is 1. The second-order valence-corrected chi connectivity index (χ2v) is 11.0. The van der Waals surface area contributed by atoms with E-state index >= 15 is 0 Å². The fourth-order valence-corrected chi connectivity index (χ4v) is 6.61. The number of alkyl halides is 3. The molecule has 1 aromatic carbocycles. The summed E-state index contributed by atoms with van der Waals surface area (Å²) < 4.78 is 66.0. The summed E-state index contributed by atoms with van der Waals surface area (Å²) in [5.74, 6) is -0.600. The van der Waals surface area contributed by atoms with Gasteiger partial charge in [-0.25, -0.2) is 13.4 Å². The van der Waals surface area contributed by atoms with Gasteiger partial charge in [0.1, 0.15) is 0 Å². The topological polar surface area (TPSA) is 79.4 Å². The lowest BCUT2D eigenvalue weighted by Crippen LogP contribution is -2.41. The van der Waals surface area contributed by atoms with Crippen molar-refractivity contribution >= 4 is 44.0 Å². The van der Waals surface area contributed by atoms with E-state index in [1.165, 1.54) is 16.2 Å².